The van der Waals surface area contributed by atoms with Crippen LogP contribution in [0.3, 0.4) is 0 Å². The Morgan fingerprint density at radius 1 is 0.542 bits per heavy atom. The van der Waals surface area contributed by atoms with E-state index in [2.05, 4.69) is 172 Å². The van der Waals surface area contributed by atoms with Crippen LogP contribution in [0.4, 0.5) is 0 Å². The summed E-state index contributed by atoms with van der Waals surface area (Å²) in [6.45, 7) is 6.61. The van der Waals surface area contributed by atoms with Crippen LogP contribution in [0.2, 0.25) is 0 Å². The van der Waals surface area contributed by atoms with E-state index >= 15 is 0 Å². The zero-order valence-corrected chi connectivity index (χ0v) is 28.1. The van der Waals surface area contributed by atoms with Gasteiger partial charge in [-0.05, 0) is 140 Å². The van der Waals surface area contributed by atoms with Crippen molar-refractivity contribution in [3.8, 4) is 22.3 Å². The molecule has 7 aromatic carbocycles. The topological polar surface area (TPSA) is 0 Å². The molecule has 0 amide bonds. The number of aryl methyl sites for hydroxylation is 3. The number of benzene rings is 7. The zero-order valence-electron chi connectivity index (χ0n) is 28.1. The fourth-order valence-electron chi connectivity index (χ4n) is 7.61. The normalized spacial score (nSPS) is 12.4. The van der Waals surface area contributed by atoms with Crippen molar-refractivity contribution in [1.29, 1.82) is 0 Å². The quantitative estimate of drug-likeness (QED) is 0.149. The Morgan fingerprint density at radius 3 is 1.79 bits per heavy atom. The van der Waals surface area contributed by atoms with Gasteiger partial charge in [0, 0.05) is 0 Å². The first kappa shape index (κ1) is 29.9. The first-order chi connectivity index (χ1) is 23.5. The molecule has 0 saturated heterocycles. The van der Waals surface area contributed by atoms with E-state index in [1.165, 1.54) is 93.5 Å². The number of fused-ring (bicyclic) bond motifs is 6. The van der Waals surface area contributed by atoms with Crippen molar-refractivity contribution in [1.82, 2.24) is 0 Å². The second-order valence-electron chi connectivity index (χ2n) is 13.5. The molecule has 0 aliphatic heterocycles. The second-order valence-corrected chi connectivity index (χ2v) is 13.5. The van der Waals surface area contributed by atoms with Crippen LogP contribution in [0.25, 0.3) is 66.2 Å². The van der Waals surface area contributed by atoms with Crippen molar-refractivity contribution in [2.24, 2.45) is 0 Å². The summed E-state index contributed by atoms with van der Waals surface area (Å²) in [5.74, 6) is 0. The van der Waals surface area contributed by atoms with Gasteiger partial charge in [0.15, 0.2) is 0 Å². The van der Waals surface area contributed by atoms with Crippen LogP contribution in [0.5, 0.6) is 0 Å². The van der Waals surface area contributed by atoms with Crippen LogP contribution in [0.15, 0.2) is 151 Å². The summed E-state index contributed by atoms with van der Waals surface area (Å²) < 4.78 is 0. The molecule has 0 radical (unpaired) electrons. The van der Waals surface area contributed by atoms with E-state index in [0.29, 0.717) is 0 Å². The number of rotatable bonds is 8. The minimum Gasteiger partial charge on any atom is -0.0758 e. The van der Waals surface area contributed by atoms with E-state index in [-0.39, 0.29) is 0 Å². The predicted octanol–water partition coefficient (Wildman–Crippen LogP) is 13.3. The first-order valence-corrected chi connectivity index (χ1v) is 17.2. The lowest BCUT2D eigenvalue weighted by atomic mass is 9.84. The summed E-state index contributed by atoms with van der Waals surface area (Å²) in [5, 5.41) is 7.84. The fraction of sp³-hybridized carbons (Fsp3) is 0.125. The van der Waals surface area contributed by atoms with Crippen LogP contribution in [-0.4, -0.2) is 0 Å². The van der Waals surface area contributed by atoms with E-state index in [4.69, 9.17) is 0 Å². The molecule has 0 unspecified atom stereocenters. The van der Waals surface area contributed by atoms with E-state index in [0.717, 1.165) is 19.3 Å². The molecule has 0 atom stereocenters. The Bertz CT molecular complexity index is 2410. The van der Waals surface area contributed by atoms with Crippen LogP contribution in [0.1, 0.15) is 48.1 Å². The molecule has 7 aromatic rings. The van der Waals surface area contributed by atoms with Crippen molar-refractivity contribution in [3.05, 3.63) is 179 Å². The Balaban J connectivity index is 1.22. The van der Waals surface area contributed by atoms with Gasteiger partial charge in [-0.15, -0.1) is 0 Å². The SMILES string of the molecule is CC(C)=Cc1cc(-c2cccc(CCCc3ccccc3C)c2C2=CC=C2)ccc1-c1ccc2c3ccccc3c3ccccc3c2c1. The molecule has 0 aromatic heterocycles. The monoisotopic (exact) mass is 616 g/mol. The highest BCUT2D eigenvalue weighted by Crippen LogP contribution is 2.41. The fourth-order valence-corrected chi connectivity index (χ4v) is 7.61. The largest absolute Gasteiger partial charge is 0.0758 e. The minimum absolute atomic E-state index is 1.06. The molecule has 0 heterocycles. The third kappa shape index (κ3) is 5.48. The lowest BCUT2D eigenvalue weighted by Gasteiger charge is -2.20. The summed E-state index contributed by atoms with van der Waals surface area (Å²) in [5.41, 5.74) is 14.6. The molecule has 0 fully saturated rings. The Kier molecular flexibility index (Phi) is 7.87. The van der Waals surface area contributed by atoms with Gasteiger partial charge >= 0.3 is 0 Å². The molecular weight excluding hydrogens is 577 g/mol. The molecule has 0 nitrogen and oxygen atoms in total. The van der Waals surface area contributed by atoms with Crippen molar-refractivity contribution >= 4 is 44.0 Å². The van der Waals surface area contributed by atoms with Gasteiger partial charge in [-0.3, -0.25) is 0 Å². The molecule has 48 heavy (non-hydrogen) atoms. The van der Waals surface area contributed by atoms with E-state index in [9.17, 15) is 0 Å². The van der Waals surface area contributed by atoms with Crippen molar-refractivity contribution < 1.29 is 0 Å². The number of hydrogen-bond donors (Lipinski definition) is 0. The molecule has 0 spiro atoms. The summed E-state index contributed by atoms with van der Waals surface area (Å²) in [7, 11) is 0. The summed E-state index contributed by atoms with van der Waals surface area (Å²) in [6.07, 6.45) is 12.3. The predicted molar refractivity (Wildman–Crippen MR) is 209 cm³/mol. The second kappa shape index (κ2) is 12.6. The van der Waals surface area contributed by atoms with Gasteiger partial charge in [-0.25, -0.2) is 0 Å². The minimum atomic E-state index is 1.06. The van der Waals surface area contributed by atoms with E-state index in [1.807, 2.05) is 0 Å². The Morgan fingerprint density at radius 2 is 1.12 bits per heavy atom. The van der Waals surface area contributed by atoms with Crippen LogP contribution >= 0.6 is 0 Å². The molecule has 8 rings (SSSR count). The maximum Gasteiger partial charge on any atom is -0.00733 e. The zero-order chi connectivity index (χ0) is 32.6. The molecule has 0 bridgehead atoms. The van der Waals surface area contributed by atoms with Crippen LogP contribution in [-0.2, 0) is 12.8 Å². The molecule has 0 saturated carbocycles. The summed E-state index contributed by atoms with van der Waals surface area (Å²) >= 11 is 0. The van der Waals surface area contributed by atoms with Gasteiger partial charge in [0.05, 0.1) is 0 Å². The van der Waals surface area contributed by atoms with Crippen LogP contribution in [0, 0.1) is 6.92 Å². The van der Waals surface area contributed by atoms with Crippen molar-refractivity contribution in [2.75, 3.05) is 0 Å². The van der Waals surface area contributed by atoms with Crippen molar-refractivity contribution in [3.63, 3.8) is 0 Å². The molecule has 1 aliphatic carbocycles. The Labute approximate surface area is 284 Å². The van der Waals surface area contributed by atoms with Gasteiger partial charge in [0.25, 0.3) is 0 Å². The lowest BCUT2D eigenvalue weighted by molar-refractivity contribution is 0.815. The average molecular weight is 617 g/mol. The van der Waals surface area contributed by atoms with Gasteiger partial charge in [-0.1, -0.05) is 145 Å². The highest BCUT2D eigenvalue weighted by molar-refractivity contribution is 6.25. The third-order valence-electron chi connectivity index (χ3n) is 10.0. The molecular formula is C48H40. The highest BCUT2D eigenvalue weighted by Gasteiger charge is 2.17. The molecule has 232 valence electrons. The van der Waals surface area contributed by atoms with Crippen molar-refractivity contribution in [2.45, 2.75) is 40.0 Å². The third-order valence-corrected chi connectivity index (χ3v) is 10.0. The smallest absolute Gasteiger partial charge is 0.00733 e. The summed E-state index contributed by atoms with van der Waals surface area (Å²) in [4.78, 5) is 0. The summed E-state index contributed by atoms with van der Waals surface area (Å²) in [6, 6.07) is 47.5. The lowest BCUT2D eigenvalue weighted by Crippen LogP contribution is -2.01. The van der Waals surface area contributed by atoms with E-state index in [1.54, 1.807) is 0 Å². The molecule has 1 aliphatic rings. The van der Waals surface area contributed by atoms with Gasteiger partial charge in [0.1, 0.15) is 0 Å². The Hall–Kier alpha value is -5.46. The van der Waals surface area contributed by atoms with Gasteiger partial charge < -0.3 is 0 Å². The standard InChI is InChI=1S/C48H40/c1-32(2)29-39-30-37(41-24-12-19-36(48(41)35-17-11-18-35)16-10-15-34-14-5-4-13-33(34)3)25-27-40(39)38-26-28-46-44-22-7-6-20-42(44)43-21-8-9-23-45(43)47(46)31-38/h4-9,11-14,17-31H,10,15-16H2,1-3H3. The highest BCUT2D eigenvalue weighted by atomic mass is 14.2. The maximum absolute atomic E-state index is 2.41. The molecule has 0 heteroatoms. The molecule has 0 N–H and O–H groups in total. The average Bonchev–Trinajstić information content (AvgIpc) is 3.08. The maximum atomic E-state index is 2.41. The van der Waals surface area contributed by atoms with E-state index < -0.39 is 0 Å². The number of allylic oxidation sites excluding steroid dienone is 5. The van der Waals surface area contributed by atoms with Gasteiger partial charge in [0.2, 0.25) is 0 Å². The number of hydrogen-bond acceptors (Lipinski definition) is 0. The van der Waals surface area contributed by atoms with Crippen LogP contribution < -0.4 is 0 Å². The first-order valence-electron chi connectivity index (χ1n) is 17.2. The van der Waals surface area contributed by atoms with Gasteiger partial charge in [-0.2, -0.15) is 0 Å².